The molecule has 0 aliphatic heterocycles. The number of hydrogen-bond donors (Lipinski definition) is 1. The fourth-order valence-electron chi connectivity index (χ4n) is 1.15. The molecule has 1 radical (unpaired) electrons. The quantitative estimate of drug-likeness (QED) is 0.792. The summed E-state index contributed by atoms with van der Waals surface area (Å²) >= 11 is 3.44. The Morgan fingerprint density at radius 1 is 1.50 bits per heavy atom. The number of rotatable bonds is 1. The second kappa shape index (κ2) is 2.83. The highest BCUT2D eigenvalue weighted by molar-refractivity contribution is 9.10. The smallest absolute Gasteiger partial charge is 0.120 e. The van der Waals surface area contributed by atoms with Crippen LogP contribution in [0.2, 0.25) is 0 Å². The van der Waals surface area contributed by atoms with Gasteiger partial charge in [0.15, 0.2) is 0 Å². The molecule has 0 fully saturated rings. The molecule has 0 spiro atoms. The zero-order valence-electron chi connectivity index (χ0n) is 6.52. The number of ether oxygens (including phenoxy) is 1. The van der Waals surface area contributed by atoms with E-state index in [1.165, 1.54) is 0 Å². The van der Waals surface area contributed by atoms with Gasteiger partial charge in [0, 0.05) is 9.86 Å². The van der Waals surface area contributed by atoms with Crippen LogP contribution in [0.5, 0.6) is 5.75 Å². The zero-order valence-corrected chi connectivity index (χ0v) is 8.10. The Labute approximate surface area is 78.7 Å². The number of methoxy groups -OCH3 is 1. The minimum Gasteiger partial charge on any atom is -0.497 e. The molecule has 0 saturated carbocycles. The number of H-pyrrole nitrogens is 1. The molecule has 3 heteroatoms. The van der Waals surface area contributed by atoms with Gasteiger partial charge in [0.2, 0.25) is 0 Å². The summed E-state index contributed by atoms with van der Waals surface area (Å²) in [6, 6.07) is 5.78. The molecule has 0 bridgehead atoms. The maximum atomic E-state index is 5.11. The molecule has 12 heavy (non-hydrogen) atoms. The van der Waals surface area contributed by atoms with Crippen LogP contribution in [-0.4, -0.2) is 12.1 Å². The van der Waals surface area contributed by atoms with E-state index in [1.54, 1.807) is 7.11 Å². The topological polar surface area (TPSA) is 25.0 Å². The van der Waals surface area contributed by atoms with E-state index in [-0.39, 0.29) is 0 Å². The fourth-order valence-corrected chi connectivity index (χ4v) is 1.71. The van der Waals surface area contributed by atoms with Gasteiger partial charge in [0.05, 0.1) is 18.8 Å². The van der Waals surface area contributed by atoms with Crippen molar-refractivity contribution in [3.05, 3.63) is 28.9 Å². The number of hydrogen-bond acceptors (Lipinski definition) is 1. The predicted octanol–water partition coefficient (Wildman–Crippen LogP) is 2.74. The molecule has 2 rings (SSSR count). The van der Waals surface area contributed by atoms with E-state index >= 15 is 0 Å². The Balaban J connectivity index is 2.75. The number of aromatic amines is 1. The van der Waals surface area contributed by atoms with Gasteiger partial charge in [0.1, 0.15) is 5.75 Å². The van der Waals surface area contributed by atoms with E-state index in [0.717, 1.165) is 21.1 Å². The van der Waals surface area contributed by atoms with Crippen LogP contribution in [0, 0.1) is 6.20 Å². The summed E-state index contributed by atoms with van der Waals surface area (Å²) in [5.74, 6) is 0.849. The van der Waals surface area contributed by atoms with Crippen molar-refractivity contribution >= 4 is 26.8 Å². The maximum Gasteiger partial charge on any atom is 0.120 e. The van der Waals surface area contributed by atoms with Crippen molar-refractivity contribution in [3.8, 4) is 5.75 Å². The molecule has 0 aliphatic rings. The molecule has 0 saturated heterocycles. The summed E-state index contributed by atoms with van der Waals surface area (Å²) in [5.41, 5.74) is 1.05. The molecule has 2 nitrogen and oxygen atoms in total. The molecule has 1 N–H and O–H groups in total. The minimum atomic E-state index is 0.849. The Morgan fingerprint density at radius 3 is 3.08 bits per heavy atom. The molecule has 1 heterocycles. The van der Waals surface area contributed by atoms with Crippen LogP contribution in [0.1, 0.15) is 0 Å². The van der Waals surface area contributed by atoms with Crippen molar-refractivity contribution in [2.75, 3.05) is 7.11 Å². The minimum absolute atomic E-state index is 0.849. The van der Waals surface area contributed by atoms with Crippen molar-refractivity contribution in [2.24, 2.45) is 0 Å². The Morgan fingerprint density at radius 2 is 2.33 bits per heavy atom. The van der Waals surface area contributed by atoms with E-state index in [4.69, 9.17) is 4.74 Å². The van der Waals surface area contributed by atoms with Gasteiger partial charge in [-0.05, 0) is 34.1 Å². The molecule has 2 aromatic rings. The van der Waals surface area contributed by atoms with Crippen LogP contribution < -0.4 is 4.74 Å². The van der Waals surface area contributed by atoms with Gasteiger partial charge in [0.25, 0.3) is 0 Å². The van der Waals surface area contributed by atoms with Crippen LogP contribution in [0.25, 0.3) is 10.9 Å². The van der Waals surface area contributed by atoms with Gasteiger partial charge < -0.3 is 9.72 Å². The van der Waals surface area contributed by atoms with Gasteiger partial charge in [-0.3, -0.25) is 0 Å². The summed E-state index contributed by atoms with van der Waals surface area (Å²) in [7, 11) is 1.66. The van der Waals surface area contributed by atoms with Crippen LogP contribution >= 0.6 is 15.9 Å². The molecular formula is C9H7BrNO. The summed E-state index contributed by atoms with van der Waals surface area (Å²) in [6.45, 7) is 0. The third-order valence-electron chi connectivity index (χ3n) is 1.75. The highest BCUT2D eigenvalue weighted by Crippen LogP contribution is 2.27. The summed E-state index contributed by atoms with van der Waals surface area (Å²) < 4.78 is 6.11. The number of benzene rings is 1. The number of nitrogens with one attached hydrogen (secondary N) is 1. The van der Waals surface area contributed by atoms with Crippen molar-refractivity contribution in [3.63, 3.8) is 0 Å². The summed E-state index contributed by atoms with van der Waals surface area (Å²) in [4.78, 5) is 3.01. The Hall–Kier alpha value is -0.960. The van der Waals surface area contributed by atoms with E-state index in [0.29, 0.717) is 0 Å². The zero-order chi connectivity index (χ0) is 8.55. The van der Waals surface area contributed by atoms with Crippen molar-refractivity contribution < 1.29 is 4.74 Å². The fraction of sp³-hybridized carbons (Fsp3) is 0.111. The average molecular weight is 225 g/mol. The highest BCUT2D eigenvalue weighted by atomic mass is 79.9. The molecular weight excluding hydrogens is 218 g/mol. The molecule has 0 atom stereocenters. The SMILES string of the molecule is COc1cc(Br)c2[nH][c]cc2c1. The average Bonchev–Trinajstić information content (AvgIpc) is 2.52. The molecule has 0 unspecified atom stereocenters. The van der Waals surface area contributed by atoms with Crippen molar-refractivity contribution in [2.45, 2.75) is 0 Å². The Bertz CT molecular complexity index is 408. The standard InChI is InChI=1S/C9H7BrNO/c1-12-7-4-6-2-3-11-9(6)8(10)5-7/h2,4-5,11H,1H3. The van der Waals surface area contributed by atoms with Crippen LogP contribution in [0.3, 0.4) is 0 Å². The second-order valence-corrected chi connectivity index (χ2v) is 3.34. The first kappa shape index (κ1) is 7.68. The van der Waals surface area contributed by atoms with E-state index in [2.05, 4.69) is 27.1 Å². The van der Waals surface area contributed by atoms with Gasteiger partial charge in [-0.25, -0.2) is 0 Å². The van der Waals surface area contributed by atoms with Crippen LogP contribution in [0.4, 0.5) is 0 Å². The third kappa shape index (κ3) is 1.10. The van der Waals surface area contributed by atoms with E-state index in [9.17, 15) is 0 Å². The highest BCUT2D eigenvalue weighted by Gasteiger charge is 2.02. The lowest BCUT2D eigenvalue weighted by Gasteiger charge is -2.00. The number of halogens is 1. The third-order valence-corrected chi connectivity index (χ3v) is 2.38. The lowest BCUT2D eigenvalue weighted by Crippen LogP contribution is -1.82. The van der Waals surface area contributed by atoms with Gasteiger partial charge in [-0.1, -0.05) is 0 Å². The van der Waals surface area contributed by atoms with E-state index in [1.807, 2.05) is 18.2 Å². The van der Waals surface area contributed by atoms with Gasteiger partial charge in [-0.15, -0.1) is 0 Å². The van der Waals surface area contributed by atoms with Crippen LogP contribution in [0.15, 0.2) is 22.7 Å². The first-order chi connectivity index (χ1) is 5.81. The first-order valence-corrected chi connectivity index (χ1v) is 4.33. The molecule has 61 valence electrons. The van der Waals surface area contributed by atoms with Crippen LogP contribution in [-0.2, 0) is 0 Å². The lowest BCUT2D eigenvalue weighted by atomic mass is 10.2. The maximum absolute atomic E-state index is 5.11. The number of fused-ring (bicyclic) bond motifs is 1. The summed E-state index contributed by atoms with van der Waals surface area (Å²) in [5, 5.41) is 1.10. The largest absolute Gasteiger partial charge is 0.497 e. The number of aromatic nitrogens is 1. The summed E-state index contributed by atoms with van der Waals surface area (Å²) in [6.07, 6.45) is 2.92. The molecule has 0 aliphatic carbocycles. The molecule has 0 amide bonds. The molecule has 1 aromatic heterocycles. The molecule has 1 aromatic carbocycles. The monoisotopic (exact) mass is 224 g/mol. The van der Waals surface area contributed by atoms with Crippen molar-refractivity contribution in [1.29, 1.82) is 0 Å². The lowest BCUT2D eigenvalue weighted by molar-refractivity contribution is 0.415. The normalized spacial score (nSPS) is 10.5. The van der Waals surface area contributed by atoms with E-state index < -0.39 is 0 Å². The second-order valence-electron chi connectivity index (χ2n) is 2.49. The van der Waals surface area contributed by atoms with Gasteiger partial charge >= 0.3 is 0 Å². The first-order valence-electron chi connectivity index (χ1n) is 3.53. The van der Waals surface area contributed by atoms with Gasteiger partial charge in [-0.2, -0.15) is 0 Å². The van der Waals surface area contributed by atoms with Crippen molar-refractivity contribution in [1.82, 2.24) is 4.98 Å². The predicted molar refractivity (Wildman–Crippen MR) is 51.4 cm³/mol. The Kier molecular flexibility index (Phi) is 1.81.